The number of amides is 1. The summed E-state index contributed by atoms with van der Waals surface area (Å²) < 4.78 is 32.0. The number of rotatable bonds is 6. The van der Waals surface area contributed by atoms with Gasteiger partial charge in [0.25, 0.3) is 5.91 Å². The molecule has 0 radical (unpaired) electrons. The van der Waals surface area contributed by atoms with Crippen LogP contribution in [0, 0.1) is 21.7 Å². The molecule has 1 fully saturated rings. The zero-order valence-electron chi connectivity index (χ0n) is 18.5. The first-order valence-corrected chi connectivity index (χ1v) is 10.7. The Bertz CT molecular complexity index is 1130. The van der Waals surface area contributed by atoms with Crippen LogP contribution < -0.4 is 4.74 Å². The van der Waals surface area contributed by atoms with E-state index in [4.69, 9.17) is 4.74 Å². The Morgan fingerprint density at radius 1 is 0.912 bits per heavy atom. The predicted molar refractivity (Wildman–Crippen MR) is 122 cm³/mol. The van der Waals surface area contributed by atoms with Gasteiger partial charge in [0.15, 0.2) is 5.75 Å². The van der Waals surface area contributed by atoms with E-state index in [0.717, 1.165) is 11.1 Å². The van der Waals surface area contributed by atoms with Gasteiger partial charge in [-0.1, -0.05) is 24.3 Å². The van der Waals surface area contributed by atoms with E-state index in [9.17, 15) is 23.7 Å². The van der Waals surface area contributed by atoms with Crippen molar-refractivity contribution in [1.82, 2.24) is 9.80 Å². The number of nitro benzene ring substituents is 1. The van der Waals surface area contributed by atoms with E-state index in [1.165, 1.54) is 49.6 Å². The monoisotopic (exact) mass is 467 g/mol. The third kappa shape index (κ3) is 4.89. The number of carbonyl (C=O) groups is 1. The van der Waals surface area contributed by atoms with E-state index < -0.39 is 4.92 Å². The van der Waals surface area contributed by atoms with Crippen LogP contribution in [0.2, 0.25) is 0 Å². The second-order valence-corrected chi connectivity index (χ2v) is 7.98. The maximum Gasteiger partial charge on any atom is 0.311 e. The molecule has 34 heavy (non-hydrogen) atoms. The van der Waals surface area contributed by atoms with Crippen LogP contribution in [-0.2, 0) is 0 Å². The lowest BCUT2D eigenvalue weighted by molar-refractivity contribution is -0.385. The van der Waals surface area contributed by atoms with Crippen molar-refractivity contribution in [3.8, 4) is 5.75 Å². The van der Waals surface area contributed by atoms with Gasteiger partial charge in [-0.2, -0.15) is 0 Å². The molecule has 0 N–H and O–H groups in total. The number of halogens is 2. The van der Waals surface area contributed by atoms with E-state index in [0.29, 0.717) is 26.2 Å². The molecule has 7 nitrogen and oxygen atoms in total. The largest absolute Gasteiger partial charge is 0.490 e. The first-order valence-electron chi connectivity index (χ1n) is 10.7. The lowest BCUT2D eigenvalue weighted by Gasteiger charge is -2.39. The van der Waals surface area contributed by atoms with Crippen molar-refractivity contribution < 1.29 is 23.2 Å². The van der Waals surface area contributed by atoms with E-state index in [1.54, 1.807) is 29.2 Å². The highest BCUT2D eigenvalue weighted by atomic mass is 19.1. The van der Waals surface area contributed by atoms with Crippen molar-refractivity contribution in [3.63, 3.8) is 0 Å². The summed E-state index contributed by atoms with van der Waals surface area (Å²) in [6.07, 6.45) is 0. The molecule has 3 aromatic carbocycles. The first kappa shape index (κ1) is 23.3. The third-order valence-electron chi connectivity index (χ3n) is 5.96. The molecule has 0 unspecified atom stereocenters. The first-order chi connectivity index (χ1) is 16.4. The Hall–Kier alpha value is -3.85. The zero-order valence-corrected chi connectivity index (χ0v) is 18.5. The highest BCUT2D eigenvalue weighted by Gasteiger charge is 2.29. The predicted octanol–water partition coefficient (Wildman–Crippen LogP) is 4.43. The van der Waals surface area contributed by atoms with Crippen molar-refractivity contribution in [2.45, 2.75) is 6.04 Å². The second kappa shape index (κ2) is 9.96. The summed E-state index contributed by atoms with van der Waals surface area (Å²) in [5.74, 6) is -0.894. The van der Waals surface area contributed by atoms with E-state index in [2.05, 4.69) is 4.90 Å². The second-order valence-electron chi connectivity index (χ2n) is 7.98. The highest BCUT2D eigenvalue weighted by Crippen LogP contribution is 2.31. The third-order valence-corrected chi connectivity index (χ3v) is 5.96. The molecule has 1 saturated heterocycles. The normalized spacial score (nSPS) is 14.3. The molecule has 0 bridgehead atoms. The molecule has 0 atom stereocenters. The summed E-state index contributed by atoms with van der Waals surface area (Å²) >= 11 is 0. The average molecular weight is 467 g/mol. The molecule has 0 aromatic heterocycles. The summed E-state index contributed by atoms with van der Waals surface area (Å²) in [7, 11) is 1.34. The van der Waals surface area contributed by atoms with Crippen LogP contribution in [0.1, 0.15) is 27.5 Å². The van der Waals surface area contributed by atoms with Crippen LogP contribution in [-0.4, -0.2) is 53.9 Å². The molecule has 0 saturated carbocycles. The van der Waals surface area contributed by atoms with E-state index in [-0.39, 0.29) is 40.6 Å². The van der Waals surface area contributed by atoms with Crippen LogP contribution in [0.3, 0.4) is 0 Å². The molecule has 176 valence electrons. The number of benzene rings is 3. The Labute approximate surface area is 195 Å². The standard InChI is InChI=1S/C25H23F2N3O4/c1-34-23-11-6-19(16-22(23)30(32)33)25(31)29-14-12-28(13-15-29)24(17-2-7-20(26)8-3-17)18-4-9-21(27)10-5-18/h2-11,16,24H,12-15H2,1H3. The maximum absolute atomic E-state index is 13.5. The van der Waals surface area contributed by atoms with Crippen LogP contribution in [0.5, 0.6) is 5.75 Å². The van der Waals surface area contributed by atoms with Crippen molar-refractivity contribution in [3.05, 3.63) is 105 Å². The van der Waals surface area contributed by atoms with Crippen LogP contribution in [0.4, 0.5) is 14.5 Å². The van der Waals surface area contributed by atoms with Gasteiger partial charge in [0.05, 0.1) is 18.1 Å². The maximum atomic E-state index is 13.5. The van der Waals surface area contributed by atoms with Crippen molar-refractivity contribution in [2.24, 2.45) is 0 Å². The SMILES string of the molecule is COc1ccc(C(=O)N2CCN(C(c3ccc(F)cc3)c3ccc(F)cc3)CC2)cc1[N+](=O)[O-]. The smallest absolute Gasteiger partial charge is 0.311 e. The minimum atomic E-state index is -0.580. The minimum absolute atomic E-state index is 0.0906. The number of carbonyl (C=O) groups excluding carboxylic acids is 1. The molecule has 4 rings (SSSR count). The molecular formula is C25H23F2N3O4. The molecule has 1 aliphatic rings. The summed E-state index contributed by atoms with van der Waals surface area (Å²) in [4.78, 5) is 27.6. The fraction of sp³-hybridized carbons (Fsp3) is 0.240. The van der Waals surface area contributed by atoms with Gasteiger partial charge in [-0.15, -0.1) is 0 Å². The molecule has 1 aliphatic heterocycles. The molecule has 9 heteroatoms. The average Bonchev–Trinajstić information content (AvgIpc) is 2.86. The summed E-state index contributed by atoms with van der Waals surface area (Å²) in [6.45, 7) is 1.84. The van der Waals surface area contributed by atoms with Gasteiger partial charge in [0.2, 0.25) is 0 Å². The highest BCUT2D eigenvalue weighted by molar-refractivity contribution is 5.95. The number of hydrogen-bond donors (Lipinski definition) is 0. The van der Waals surface area contributed by atoms with Crippen molar-refractivity contribution in [1.29, 1.82) is 0 Å². The number of piperazine rings is 1. The lowest BCUT2D eigenvalue weighted by Crippen LogP contribution is -2.49. The quantitative estimate of drug-likeness (QED) is 0.396. The molecule has 0 spiro atoms. The Morgan fingerprint density at radius 2 is 1.44 bits per heavy atom. The molecule has 1 heterocycles. The number of hydrogen-bond acceptors (Lipinski definition) is 5. The fourth-order valence-electron chi connectivity index (χ4n) is 4.24. The van der Waals surface area contributed by atoms with Crippen LogP contribution in [0.15, 0.2) is 66.7 Å². The van der Waals surface area contributed by atoms with Crippen molar-refractivity contribution in [2.75, 3.05) is 33.3 Å². The van der Waals surface area contributed by atoms with Gasteiger partial charge in [0, 0.05) is 37.8 Å². The van der Waals surface area contributed by atoms with Crippen molar-refractivity contribution >= 4 is 11.6 Å². The number of methoxy groups -OCH3 is 1. The fourth-order valence-corrected chi connectivity index (χ4v) is 4.24. The van der Waals surface area contributed by atoms with Gasteiger partial charge in [-0.3, -0.25) is 19.8 Å². The van der Waals surface area contributed by atoms with Crippen LogP contribution in [0.25, 0.3) is 0 Å². The zero-order chi connectivity index (χ0) is 24.2. The van der Waals surface area contributed by atoms with Gasteiger partial charge < -0.3 is 9.64 Å². The Balaban J connectivity index is 1.53. The van der Waals surface area contributed by atoms with Gasteiger partial charge in [-0.25, -0.2) is 8.78 Å². The van der Waals surface area contributed by atoms with Gasteiger partial charge in [0.1, 0.15) is 11.6 Å². The number of nitrogens with zero attached hydrogens (tertiary/aromatic N) is 3. The minimum Gasteiger partial charge on any atom is -0.490 e. The Morgan fingerprint density at radius 3 is 1.91 bits per heavy atom. The summed E-state index contributed by atoms with van der Waals surface area (Å²) in [5.41, 5.74) is 1.67. The van der Waals surface area contributed by atoms with Gasteiger partial charge in [-0.05, 0) is 47.5 Å². The number of nitro groups is 1. The van der Waals surface area contributed by atoms with Crippen LogP contribution >= 0.6 is 0 Å². The van der Waals surface area contributed by atoms with E-state index in [1.807, 2.05) is 0 Å². The molecule has 1 amide bonds. The number of ether oxygens (including phenoxy) is 1. The van der Waals surface area contributed by atoms with Gasteiger partial charge >= 0.3 is 5.69 Å². The molecular weight excluding hydrogens is 444 g/mol. The summed E-state index contributed by atoms with van der Waals surface area (Å²) in [5, 5.41) is 11.3. The molecule has 0 aliphatic carbocycles. The van der Waals surface area contributed by atoms with E-state index >= 15 is 0 Å². The topological polar surface area (TPSA) is 75.9 Å². The lowest BCUT2D eigenvalue weighted by atomic mass is 9.96. The summed E-state index contributed by atoms with van der Waals surface area (Å²) in [6, 6.07) is 16.3. The Kier molecular flexibility index (Phi) is 6.83. The molecule has 3 aromatic rings.